The number of aliphatic carboxylic acids is 1. The fourth-order valence-electron chi connectivity index (χ4n) is 1.68. The van der Waals surface area contributed by atoms with Crippen LogP contribution >= 0.6 is 0 Å². The van der Waals surface area contributed by atoms with E-state index in [4.69, 9.17) is 11.5 Å². The molecule has 0 fully saturated rings. The minimum atomic E-state index is -1.17. The molecule has 0 aliphatic heterocycles. The second kappa shape index (κ2) is 5.23. The zero-order valence-corrected chi connectivity index (χ0v) is 9.88. The van der Waals surface area contributed by atoms with Gasteiger partial charge in [-0.2, -0.15) is 5.10 Å². The summed E-state index contributed by atoms with van der Waals surface area (Å²) >= 11 is 0. The molecule has 0 radical (unpaired) electrons. The highest BCUT2D eigenvalue weighted by Crippen LogP contribution is 2.15. The Bertz CT molecular complexity index is 669. The Morgan fingerprint density at radius 2 is 2.21 bits per heavy atom. The van der Waals surface area contributed by atoms with Gasteiger partial charge in [0.1, 0.15) is 6.04 Å². The van der Waals surface area contributed by atoms with E-state index in [0.717, 1.165) is 0 Å². The number of fused-ring (bicyclic) bond motifs is 1. The van der Waals surface area contributed by atoms with E-state index in [9.17, 15) is 9.59 Å². The van der Waals surface area contributed by atoms with Crippen LogP contribution in [0.3, 0.4) is 0 Å². The molecule has 0 saturated heterocycles. The van der Waals surface area contributed by atoms with Gasteiger partial charge in [0.05, 0.1) is 5.52 Å². The fourth-order valence-corrected chi connectivity index (χ4v) is 1.68. The third kappa shape index (κ3) is 2.55. The third-order valence-electron chi connectivity index (χ3n) is 2.61. The van der Waals surface area contributed by atoms with Gasteiger partial charge in [-0.25, -0.2) is 4.79 Å². The van der Waals surface area contributed by atoms with Crippen molar-refractivity contribution < 1.29 is 14.7 Å². The van der Waals surface area contributed by atoms with Gasteiger partial charge in [0, 0.05) is 11.8 Å². The number of amides is 1. The second-order valence-electron chi connectivity index (χ2n) is 3.89. The maximum atomic E-state index is 12.0. The van der Waals surface area contributed by atoms with E-state index in [0.29, 0.717) is 10.9 Å². The number of carboxylic acid groups (broad SMARTS) is 1. The predicted octanol–water partition coefficient (Wildman–Crippen LogP) is 0.769. The number of H-pyrrole nitrogens is 1. The standard InChI is InChI=1S/C13H11N3O3/c1-2-5-10(13(18)19)14-12(17)11-8-6-3-4-7-9(8)15-16-11/h1,3-4,6-7,10H,5H2,(H,14,17)(H,15,16)(H,18,19). The molecule has 0 spiro atoms. The highest BCUT2D eigenvalue weighted by molar-refractivity contribution is 6.05. The molecule has 2 aromatic rings. The quantitative estimate of drug-likeness (QED) is 0.705. The van der Waals surface area contributed by atoms with Crippen LogP contribution in [0.2, 0.25) is 0 Å². The van der Waals surface area contributed by atoms with Crippen molar-refractivity contribution in [3.8, 4) is 12.3 Å². The van der Waals surface area contributed by atoms with Gasteiger partial charge in [-0.1, -0.05) is 18.2 Å². The molecule has 3 N–H and O–H groups in total. The summed E-state index contributed by atoms with van der Waals surface area (Å²) in [4.78, 5) is 22.9. The van der Waals surface area contributed by atoms with E-state index < -0.39 is 17.9 Å². The summed E-state index contributed by atoms with van der Waals surface area (Å²) in [6.45, 7) is 0. The first-order valence-electron chi connectivity index (χ1n) is 5.53. The van der Waals surface area contributed by atoms with Gasteiger partial charge in [0.25, 0.3) is 5.91 Å². The fraction of sp³-hybridized carbons (Fsp3) is 0.154. The van der Waals surface area contributed by atoms with Crippen LogP contribution < -0.4 is 5.32 Å². The van der Waals surface area contributed by atoms with E-state index >= 15 is 0 Å². The Kier molecular flexibility index (Phi) is 3.48. The van der Waals surface area contributed by atoms with E-state index in [1.807, 2.05) is 0 Å². The molecular formula is C13H11N3O3. The van der Waals surface area contributed by atoms with Crippen molar-refractivity contribution in [1.82, 2.24) is 15.5 Å². The number of terminal acetylenes is 1. The lowest BCUT2D eigenvalue weighted by molar-refractivity contribution is -0.139. The lowest BCUT2D eigenvalue weighted by Crippen LogP contribution is -2.40. The first-order valence-corrected chi connectivity index (χ1v) is 5.53. The van der Waals surface area contributed by atoms with Gasteiger partial charge in [-0.15, -0.1) is 12.3 Å². The number of aromatic amines is 1. The first kappa shape index (κ1) is 12.6. The second-order valence-corrected chi connectivity index (χ2v) is 3.89. The SMILES string of the molecule is C#CCC(NC(=O)c1n[nH]c2ccccc12)C(=O)O. The first-order chi connectivity index (χ1) is 9.13. The number of rotatable bonds is 4. The summed E-state index contributed by atoms with van der Waals surface area (Å²) in [5.74, 6) is 0.469. The Morgan fingerprint density at radius 3 is 2.89 bits per heavy atom. The maximum Gasteiger partial charge on any atom is 0.327 e. The number of aromatic nitrogens is 2. The van der Waals surface area contributed by atoms with Crippen LogP contribution in [-0.2, 0) is 4.79 Å². The van der Waals surface area contributed by atoms with Crippen LogP contribution in [0.4, 0.5) is 0 Å². The zero-order valence-electron chi connectivity index (χ0n) is 9.88. The van der Waals surface area contributed by atoms with Gasteiger partial charge in [-0.3, -0.25) is 9.89 Å². The van der Waals surface area contributed by atoms with Crippen molar-refractivity contribution in [3.63, 3.8) is 0 Å². The van der Waals surface area contributed by atoms with E-state index in [1.54, 1.807) is 24.3 Å². The van der Waals surface area contributed by atoms with Crippen LogP contribution in [0.25, 0.3) is 10.9 Å². The molecule has 19 heavy (non-hydrogen) atoms. The van der Waals surface area contributed by atoms with Gasteiger partial charge >= 0.3 is 5.97 Å². The maximum absolute atomic E-state index is 12.0. The zero-order chi connectivity index (χ0) is 13.8. The molecule has 0 saturated carbocycles. The van der Waals surface area contributed by atoms with Crippen molar-refractivity contribution in [2.24, 2.45) is 0 Å². The van der Waals surface area contributed by atoms with E-state index in [1.165, 1.54) is 0 Å². The van der Waals surface area contributed by atoms with Crippen LogP contribution in [0.5, 0.6) is 0 Å². The summed E-state index contributed by atoms with van der Waals surface area (Å²) < 4.78 is 0. The molecule has 6 nitrogen and oxygen atoms in total. The smallest absolute Gasteiger partial charge is 0.327 e. The number of para-hydroxylation sites is 1. The monoisotopic (exact) mass is 257 g/mol. The van der Waals surface area contributed by atoms with Crippen molar-refractivity contribution in [3.05, 3.63) is 30.0 Å². The topological polar surface area (TPSA) is 95.1 Å². The molecule has 0 bridgehead atoms. The average molecular weight is 257 g/mol. The number of carboxylic acids is 1. The molecule has 0 aliphatic rings. The molecule has 1 atom stereocenters. The lowest BCUT2D eigenvalue weighted by atomic mass is 10.1. The number of nitrogens with one attached hydrogen (secondary N) is 2. The predicted molar refractivity (Wildman–Crippen MR) is 68.4 cm³/mol. The number of hydrogen-bond acceptors (Lipinski definition) is 3. The van der Waals surface area contributed by atoms with E-state index in [-0.39, 0.29) is 12.1 Å². The summed E-state index contributed by atoms with van der Waals surface area (Å²) in [6.07, 6.45) is 4.99. The molecule has 96 valence electrons. The summed E-state index contributed by atoms with van der Waals surface area (Å²) in [6, 6.07) is 5.96. The lowest BCUT2D eigenvalue weighted by Gasteiger charge is -2.10. The number of nitrogens with zero attached hydrogens (tertiary/aromatic N) is 1. The molecule has 1 amide bonds. The van der Waals surface area contributed by atoms with Crippen molar-refractivity contribution >= 4 is 22.8 Å². The Labute approximate surface area is 108 Å². The molecule has 1 aromatic carbocycles. The third-order valence-corrected chi connectivity index (χ3v) is 2.61. The number of hydrogen-bond donors (Lipinski definition) is 3. The minimum absolute atomic E-state index is 0.0799. The van der Waals surface area contributed by atoms with Crippen LogP contribution in [-0.4, -0.2) is 33.2 Å². The Hall–Kier alpha value is -2.81. The highest BCUT2D eigenvalue weighted by atomic mass is 16.4. The summed E-state index contributed by atoms with van der Waals surface area (Å²) in [5.41, 5.74) is 0.857. The minimum Gasteiger partial charge on any atom is -0.480 e. The Morgan fingerprint density at radius 1 is 1.47 bits per heavy atom. The number of benzene rings is 1. The molecule has 2 rings (SSSR count). The molecule has 0 aliphatic carbocycles. The van der Waals surface area contributed by atoms with Crippen LogP contribution in [0.15, 0.2) is 24.3 Å². The largest absolute Gasteiger partial charge is 0.480 e. The molecule has 1 unspecified atom stereocenters. The van der Waals surface area contributed by atoms with Gasteiger partial charge < -0.3 is 10.4 Å². The van der Waals surface area contributed by atoms with Crippen LogP contribution in [0.1, 0.15) is 16.9 Å². The van der Waals surface area contributed by atoms with Crippen molar-refractivity contribution in [2.45, 2.75) is 12.5 Å². The normalized spacial score (nSPS) is 11.7. The van der Waals surface area contributed by atoms with Gasteiger partial charge in [0.2, 0.25) is 0 Å². The van der Waals surface area contributed by atoms with Gasteiger partial charge in [-0.05, 0) is 6.07 Å². The van der Waals surface area contributed by atoms with E-state index in [2.05, 4.69) is 21.4 Å². The number of carbonyl (C=O) groups is 2. The summed E-state index contributed by atoms with van der Waals surface area (Å²) in [5, 5.41) is 18.5. The van der Waals surface area contributed by atoms with Crippen LogP contribution in [0, 0.1) is 12.3 Å². The van der Waals surface area contributed by atoms with Crippen molar-refractivity contribution in [2.75, 3.05) is 0 Å². The molecule has 6 heteroatoms. The average Bonchev–Trinajstić information content (AvgIpc) is 2.81. The molecule has 1 heterocycles. The number of carbonyl (C=O) groups excluding carboxylic acids is 1. The molecule has 1 aromatic heterocycles. The highest BCUT2D eigenvalue weighted by Gasteiger charge is 2.22. The Balaban J connectivity index is 2.25. The van der Waals surface area contributed by atoms with Gasteiger partial charge in [0.15, 0.2) is 5.69 Å². The molecular weight excluding hydrogens is 246 g/mol. The van der Waals surface area contributed by atoms with Crippen molar-refractivity contribution in [1.29, 1.82) is 0 Å². The summed E-state index contributed by atoms with van der Waals surface area (Å²) in [7, 11) is 0.